The summed E-state index contributed by atoms with van der Waals surface area (Å²) in [7, 11) is 1.97. The summed E-state index contributed by atoms with van der Waals surface area (Å²) in [6.45, 7) is 1.96. The number of hydrogen-bond acceptors (Lipinski definition) is 5. The zero-order valence-electron chi connectivity index (χ0n) is 18.5. The van der Waals surface area contributed by atoms with Crippen molar-refractivity contribution in [1.29, 1.82) is 0 Å². The van der Waals surface area contributed by atoms with Crippen LogP contribution in [-0.4, -0.2) is 38.5 Å². The normalized spacial score (nSPS) is 19.6. The Hall–Kier alpha value is -1.83. The number of halogens is 7. The van der Waals surface area contributed by atoms with Gasteiger partial charge in [0.1, 0.15) is 0 Å². The maximum absolute atomic E-state index is 14.1. The number of carbonyl (C=O) groups excluding carboxylic acids is 2. The standard InChI is InChI=1S/C22H23F6IO5/c1-4-5-6-7-11-14-16(19(14,17(30)32-2)18(31)33-3)29-15-12-9-8-10-13(15)20(34-29,21(23,24)25)22(26,27)28/h8-10,12H,4-7,11H2,1-3H3. The van der Waals surface area contributed by atoms with E-state index in [1.54, 1.807) is 0 Å². The van der Waals surface area contributed by atoms with Gasteiger partial charge in [0.05, 0.1) is 0 Å². The van der Waals surface area contributed by atoms with E-state index in [-0.39, 0.29) is 19.1 Å². The topological polar surface area (TPSA) is 61.8 Å². The Morgan fingerprint density at radius 3 is 2.00 bits per heavy atom. The third-order valence-corrected chi connectivity index (χ3v) is 11.4. The molecule has 1 aliphatic carbocycles. The van der Waals surface area contributed by atoms with Crippen molar-refractivity contribution >= 4 is 32.2 Å². The maximum atomic E-state index is 14.1. The Morgan fingerprint density at radius 2 is 1.50 bits per heavy atom. The van der Waals surface area contributed by atoms with Gasteiger partial charge in [-0.15, -0.1) is 0 Å². The van der Waals surface area contributed by atoms with Crippen molar-refractivity contribution in [3.05, 3.63) is 42.6 Å². The van der Waals surface area contributed by atoms with Gasteiger partial charge >= 0.3 is 200 Å². The minimum absolute atomic E-state index is 0.129. The van der Waals surface area contributed by atoms with Crippen molar-refractivity contribution < 1.29 is 48.5 Å². The van der Waals surface area contributed by atoms with Crippen LogP contribution < -0.4 is 0 Å². The first-order chi connectivity index (χ1) is 15.9. The van der Waals surface area contributed by atoms with Crippen molar-refractivity contribution in [2.75, 3.05) is 14.2 Å². The molecule has 2 aliphatic rings. The van der Waals surface area contributed by atoms with Gasteiger partial charge in [0.15, 0.2) is 0 Å². The van der Waals surface area contributed by atoms with Gasteiger partial charge in [-0.25, -0.2) is 0 Å². The van der Waals surface area contributed by atoms with Crippen LogP contribution in [0.2, 0.25) is 0 Å². The van der Waals surface area contributed by atoms with E-state index >= 15 is 0 Å². The Balaban J connectivity index is 2.19. The van der Waals surface area contributed by atoms with Crippen LogP contribution in [0.25, 0.3) is 0 Å². The Bertz CT molecular complexity index is 970. The van der Waals surface area contributed by atoms with E-state index in [9.17, 15) is 35.9 Å². The molecule has 1 aromatic rings. The molecule has 0 atom stereocenters. The van der Waals surface area contributed by atoms with Gasteiger partial charge in [0.2, 0.25) is 0 Å². The molecule has 3 rings (SSSR count). The van der Waals surface area contributed by atoms with Crippen molar-refractivity contribution in [3.63, 3.8) is 0 Å². The molecule has 0 bridgehead atoms. The first-order valence-corrected chi connectivity index (χ1v) is 13.4. The first-order valence-electron chi connectivity index (χ1n) is 10.4. The van der Waals surface area contributed by atoms with E-state index in [0.717, 1.165) is 45.3 Å². The summed E-state index contributed by atoms with van der Waals surface area (Å²) in [5.74, 6) is -2.20. The monoisotopic (exact) mass is 608 g/mol. The predicted molar refractivity (Wildman–Crippen MR) is 116 cm³/mol. The Labute approximate surface area is 199 Å². The van der Waals surface area contributed by atoms with Crippen molar-refractivity contribution in [2.24, 2.45) is 5.41 Å². The fraction of sp³-hybridized carbons (Fsp3) is 0.545. The first kappa shape index (κ1) is 26.8. The second-order valence-electron chi connectivity index (χ2n) is 7.82. The zero-order chi connectivity index (χ0) is 25.5. The number of rotatable bonds is 8. The van der Waals surface area contributed by atoms with Crippen LogP contribution in [0.15, 0.2) is 33.4 Å². The predicted octanol–water partition coefficient (Wildman–Crippen LogP) is 6.20. The van der Waals surface area contributed by atoms with Crippen LogP contribution in [-0.2, 0) is 27.7 Å². The quantitative estimate of drug-likeness (QED) is 0.116. The number of methoxy groups -OCH3 is 2. The molecule has 5 nitrogen and oxygen atoms in total. The number of alkyl halides is 6. The number of hydrogen-bond donors (Lipinski definition) is 0. The third kappa shape index (κ3) is 3.80. The van der Waals surface area contributed by atoms with Crippen LogP contribution >= 0.6 is 20.2 Å². The molecule has 0 unspecified atom stereocenters. The zero-order valence-corrected chi connectivity index (χ0v) is 20.7. The summed E-state index contributed by atoms with van der Waals surface area (Å²) in [6, 6.07) is 4.24. The molecule has 0 saturated carbocycles. The van der Waals surface area contributed by atoms with E-state index in [0.29, 0.717) is 12.8 Å². The SMILES string of the molecule is CCCCCCC1=C(I2OC(C(F)(F)F)(C(F)(F)F)c3ccccc32)C1(C(=O)OC)C(=O)OC. The molecule has 0 saturated heterocycles. The van der Waals surface area contributed by atoms with Gasteiger partial charge in [-0.1, -0.05) is 0 Å². The molecule has 0 amide bonds. The van der Waals surface area contributed by atoms with Gasteiger partial charge < -0.3 is 0 Å². The van der Waals surface area contributed by atoms with Crippen LogP contribution in [0.3, 0.4) is 0 Å². The molecule has 1 aromatic carbocycles. The van der Waals surface area contributed by atoms with Gasteiger partial charge in [0.25, 0.3) is 0 Å². The van der Waals surface area contributed by atoms with Crippen molar-refractivity contribution in [1.82, 2.24) is 0 Å². The summed E-state index contributed by atoms with van der Waals surface area (Å²) in [5.41, 5.74) is -7.63. The minimum atomic E-state index is -5.83. The third-order valence-electron chi connectivity index (χ3n) is 5.85. The fourth-order valence-corrected chi connectivity index (χ4v) is 10.9. The summed E-state index contributed by atoms with van der Waals surface area (Å²) in [5, 5.41) is 0. The number of unbranched alkanes of at least 4 members (excludes halogenated alkanes) is 3. The molecule has 0 aromatic heterocycles. The molecule has 0 radical (unpaired) electrons. The molecule has 190 valence electrons. The van der Waals surface area contributed by atoms with Gasteiger partial charge in [-0.2, -0.15) is 0 Å². The number of ether oxygens (including phenoxy) is 2. The van der Waals surface area contributed by atoms with Crippen LogP contribution in [0.4, 0.5) is 26.3 Å². The molecule has 0 fully saturated rings. The average Bonchev–Trinajstić information content (AvgIpc) is 3.29. The average molecular weight is 608 g/mol. The molecule has 0 spiro atoms. The molecule has 34 heavy (non-hydrogen) atoms. The van der Waals surface area contributed by atoms with E-state index in [4.69, 9.17) is 12.5 Å². The van der Waals surface area contributed by atoms with Crippen molar-refractivity contribution in [2.45, 2.75) is 57.0 Å². The molecular formula is C22H23F6IO5. The van der Waals surface area contributed by atoms with Gasteiger partial charge in [-0.05, 0) is 0 Å². The summed E-state index contributed by atoms with van der Waals surface area (Å²) >= 11 is -4.05. The van der Waals surface area contributed by atoms with E-state index in [1.165, 1.54) is 6.07 Å². The second-order valence-corrected chi connectivity index (χ2v) is 11.9. The molecule has 1 aliphatic heterocycles. The summed E-state index contributed by atoms with van der Waals surface area (Å²) < 4.78 is 98.5. The fourth-order valence-electron chi connectivity index (χ4n) is 4.16. The van der Waals surface area contributed by atoms with Crippen molar-refractivity contribution in [3.8, 4) is 0 Å². The summed E-state index contributed by atoms with van der Waals surface area (Å²) in [6.07, 6.45) is -8.64. The molecular weight excluding hydrogens is 585 g/mol. The number of esters is 2. The number of benzene rings is 1. The second kappa shape index (κ2) is 9.32. The Morgan fingerprint density at radius 1 is 0.941 bits per heavy atom. The summed E-state index contributed by atoms with van der Waals surface area (Å²) in [4.78, 5) is 25.6. The molecule has 12 heteroatoms. The molecule has 1 heterocycles. The van der Waals surface area contributed by atoms with Gasteiger partial charge in [-0.3, -0.25) is 0 Å². The number of fused-ring (bicyclic) bond motifs is 1. The Kier molecular flexibility index (Phi) is 7.34. The van der Waals surface area contributed by atoms with E-state index in [1.807, 2.05) is 6.92 Å². The number of carbonyl (C=O) groups is 2. The van der Waals surface area contributed by atoms with Crippen LogP contribution in [0.1, 0.15) is 44.6 Å². The van der Waals surface area contributed by atoms with Crippen LogP contribution in [0.5, 0.6) is 0 Å². The van der Waals surface area contributed by atoms with Gasteiger partial charge in [0, 0.05) is 0 Å². The van der Waals surface area contributed by atoms with E-state index < -0.39 is 61.1 Å². The van der Waals surface area contributed by atoms with Crippen LogP contribution in [0, 0.1) is 8.99 Å². The van der Waals surface area contributed by atoms with E-state index in [2.05, 4.69) is 0 Å². The molecule has 0 N–H and O–H groups in total.